The minimum atomic E-state index is -0.643. The zero-order valence-electron chi connectivity index (χ0n) is 11.9. The summed E-state index contributed by atoms with van der Waals surface area (Å²) in [4.78, 5) is 12.0. The van der Waals surface area contributed by atoms with Crippen LogP contribution in [0.5, 0.6) is 0 Å². The Labute approximate surface area is 113 Å². The van der Waals surface area contributed by atoms with E-state index in [2.05, 4.69) is 19.1 Å². The van der Waals surface area contributed by atoms with Crippen molar-refractivity contribution in [2.45, 2.75) is 33.2 Å². The average molecular weight is 256 g/mol. The van der Waals surface area contributed by atoms with Crippen LogP contribution in [0.3, 0.4) is 0 Å². The van der Waals surface area contributed by atoms with Crippen LogP contribution in [0.4, 0.5) is 0 Å². The molecule has 1 aromatic heterocycles. The third-order valence-electron chi connectivity index (χ3n) is 3.22. The Hall–Kier alpha value is -1.87. The zero-order chi connectivity index (χ0) is 14.2. The summed E-state index contributed by atoms with van der Waals surface area (Å²) in [6.07, 6.45) is 1.85. The van der Waals surface area contributed by atoms with Crippen LogP contribution in [0.25, 0.3) is 5.69 Å². The SMILES string of the molecule is Cc1cccc(-n2cc(C(C)(C)N)c(=O)cc2C)c1. The van der Waals surface area contributed by atoms with Crippen LogP contribution in [0.15, 0.2) is 41.3 Å². The van der Waals surface area contributed by atoms with Crippen LogP contribution in [0, 0.1) is 13.8 Å². The number of aryl methyl sites for hydroxylation is 2. The highest BCUT2D eigenvalue weighted by Crippen LogP contribution is 2.17. The van der Waals surface area contributed by atoms with Crippen molar-refractivity contribution in [3.63, 3.8) is 0 Å². The second-order valence-electron chi connectivity index (χ2n) is 5.62. The Morgan fingerprint density at radius 3 is 2.42 bits per heavy atom. The lowest BCUT2D eigenvalue weighted by Crippen LogP contribution is -2.35. The van der Waals surface area contributed by atoms with Gasteiger partial charge in [-0.25, -0.2) is 0 Å². The van der Waals surface area contributed by atoms with Crippen molar-refractivity contribution in [2.75, 3.05) is 0 Å². The van der Waals surface area contributed by atoms with Crippen molar-refractivity contribution in [1.82, 2.24) is 4.57 Å². The van der Waals surface area contributed by atoms with E-state index in [1.165, 1.54) is 5.56 Å². The van der Waals surface area contributed by atoms with E-state index >= 15 is 0 Å². The van der Waals surface area contributed by atoms with Gasteiger partial charge in [0.1, 0.15) is 0 Å². The molecule has 0 atom stereocenters. The maximum atomic E-state index is 12.0. The molecule has 0 fully saturated rings. The van der Waals surface area contributed by atoms with E-state index in [4.69, 9.17) is 5.73 Å². The number of nitrogens with two attached hydrogens (primary N) is 1. The molecule has 0 amide bonds. The summed E-state index contributed by atoms with van der Waals surface area (Å²) in [6, 6.07) is 9.82. The largest absolute Gasteiger partial charge is 0.322 e. The molecule has 2 aromatic rings. The van der Waals surface area contributed by atoms with Crippen molar-refractivity contribution in [2.24, 2.45) is 5.73 Å². The summed E-state index contributed by atoms with van der Waals surface area (Å²) in [5, 5.41) is 0. The molecule has 2 N–H and O–H groups in total. The zero-order valence-corrected chi connectivity index (χ0v) is 11.9. The van der Waals surface area contributed by atoms with Crippen LogP contribution in [-0.2, 0) is 5.54 Å². The number of nitrogens with zero attached hydrogens (tertiary/aromatic N) is 1. The van der Waals surface area contributed by atoms with E-state index in [1.807, 2.05) is 43.7 Å². The minimum absolute atomic E-state index is 0.00565. The molecule has 0 spiro atoms. The van der Waals surface area contributed by atoms with Crippen LogP contribution in [-0.4, -0.2) is 4.57 Å². The molecular formula is C16H20N2O. The normalized spacial score (nSPS) is 11.6. The third-order valence-corrected chi connectivity index (χ3v) is 3.22. The summed E-state index contributed by atoms with van der Waals surface area (Å²) in [5.41, 5.74) is 9.18. The second-order valence-corrected chi connectivity index (χ2v) is 5.62. The van der Waals surface area contributed by atoms with Gasteiger partial charge in [-0.1, -0.05) is 12.1 Å². The summed E-state index contributed by atoms with van der Waals surface area (Å²) < 4.78 is 2.01. The maximum Gasteiger partial charge on any atom is 0.186 e. The van der Waals surface area contributed by atoms with E-state index in [1.54, 1.807) is 6.07 Å². The lowest BCUT2D eigenvalue weighted by molar-refractivity contribution is 0.544. The molecule has 0 aliphatic rings. The Morgan fingerprint density at radius 2 is 1.84 bits per heavy atom. The molecule has 0 saturated heterocycles. The Kier molecular flexibility index (Phi) is 3.33. The molecule has 0 radical (unpaired) electrons. The standard InChI is InChI=1S/C16H20N2O/c1-11-6-5-7-13(8-11)18-10-14(16(3,4)17)15(19)9-12(18)2/h5-10H,17H2,1-4H3. The van der Waals surface area contributed by atoms with Crippen LogP contribution in [0.2, 0.25) is 0 Å². The van der Waals surface area contributed by atoms with Crippen molar-refractivity contribution in [1.29, 1.82) is 0 Å². The molecule has 3 nitrogen and oxygen atoms in total. The number of rotatable bonds is 2. The third kappa shape index (κ3) is 2.76. The molecule has 3 heteroatoms. The van der Waals surface area contributed by atoms with E-state index in [-0.39, 0.29) is 5.43 Å². The van der Waals surface area contributed by atoms with E-state index in [9.17, 15) is 4.79 Å². The smallest absolute Gasteiger partial charge is 0.186 e. The molecule has 100 valence electrons. The van der Waals surface area contributed by atoms with Crippen molar-refractivity contribution in [3.05, 3.63) is 63.6 Å². The molecule has 0 aliphatic carbocycles. The Bertz CT molecular complexity index is 663. The van der Waals surface area contributed by atoms with Gasteiger partial charge in [-0.2, -0.15) is 0 Å². The first kappa shape index (κ1) is 13.6. The number of benzene rings is 1. The van der Waals surface area contributed by atoms with Crippen molar-refractivity contribution in [3.8, 4) is 5.69 Å². The lowest BCUT2D eigenvalue weighted by Gasteiger charge is -2.21. The van der Waals surface area contributed by atoms with Crippen LogP contribution < -0.4 is 11.2 Å². The van der Waals surface area contributed by atoms with E-state index in [0.29, 0.717) is 5.56 Å². The number of hydrogen-bond donors (Lipinski definition) is 1. The highest BCUT2D eigenvalue weighted by Gasteiger charge is 2.19. The Morgan fingerprint density at radius 1 is 1.16 bits per heavy atom. The fraction of sp³-hybridized carbons (Fsp3) is 0.312. The quantitative estimate of drug-likeness (QED) is 0.898. The number of pyridine rings is 1. The summed E-state index contributed by atoms with van der Waals surface area (Å²) in [7, 11) is 0. The first-order valence-corrected chi connectivity index (χ1v) is 6.39. The maximum absolute atomic E-state index is 12.0. The van der Waals surface area contributed by atoms with E-state index in [0.717, 1.165) is 11.4 Å². The average Bonchev–Trinajstić information content (AvgIpc) is 2.27. The second kappa shape index (κ2) is 4.67. The van der Waals surface area contributed by atoms with Crippen molar-refractivity contribution < 1.29 is 0 Å². The Balaban J connectivity index is 2.68. The van der Waals surface area contributed by atoms with Gasteiger partial charge in [0.2, 0.25) is 0 Å². The molecule has 0 unspecified atom stereocenters. The van der Waals surface area contributed by atoms with Gasteiger partial charge in [-0.15, -0.1) is 0 Å². The van der Waals surface area contributed by atoms with Crippen molar-refractivity contribution >= 4 is 0 Å². The first-order valence-electron chi connectivity index (χ1n) is 6.39. The highest BCUT2D eigenvalue weighted by molar-refractivity contribution is 5.39. The van der Waals surface area contributed by atoms with Gasteiger partial charge in [-0.3, -0.25) is 4.79 Å². The summed E-state index contributed by atoms with van der Waals surface area (Å²) in [6.45, 7) is 7.67. The molecule has 0 saturated carbocycles. The molecule has 2 rings (SSSR count). The molecular weight excluding hydrogens is 236 g/mol. The van der Waals surface area contributed by atoms with Gasteiger partial charge >= 0.3 is 0 Å². The molecule has 1 aromatic carbocycles. The predicted molar refractivity (Wildman–Crippen MR) is 78.7 cm³/mol. The van der Waals surface area contributed by atoms with Crippen LogP contribution in [0.1, 0.15) is 30.7 Å². The minimum Gasteiger partial charge on any atom is -0.322 e. The number of aromatic nitrogens is 1. The lowest BCUT2D eigenvalue weighted by atomic mass is 9.96. The molecule has 19 heavy (non-hydrogen) atoms. The van der Waals surface area contributed by atoms with E-state index < -0.39 is 5.54 Å². The van der Waals surface area contributed by atoms with Gasteiger partial charge in [0, 0.05) is 34.7 Å². The number of hydrogen-bond acceptors (Lipinski definition) is 2. The van der Waals surface area contributed by atoms with Gasteiger partial charge in [0.05, 0.1) is 0 Å². The summed E-state index contributed by atoms with van der Waals surface area (Å²) in [5.74, 6) is 0. The predicted octanol–water partition coefficient (Wildman–Crippen LogP) is 2.65. The molecule has 0 aliphatic heterocycles. The topological polar surface area (TPSA) is 48.0 Å². The fourth-order valence-electron chi connectivity index (χ4n) is 2.17. The monoisotopic (exact) mass is 256 g/mol. The highest BCUT2D eigenvalue weighted by atomic mass is 16.1. The molecule has 1 heterocycles. The van der Waals surface area contributed by atoms with Gasteiger partial charge in [-0.05, 0) is 45.4 Å². The summed E-state index contributed by atoms with van der Waals surface area (Å²) >= 11 is 0. The van der Waals surface area contributed by atoms with Gasteiger partial charge in [0.25, 0.3) is 0 Å². The fourth-order valence-corrected chi connectivity index (χ4v) is 2.17. The van der Waals surface area contributed by atoms with Crippen LogP contribution >= 0.6 is 0 Å². The molecule has 0 bridgehead atoms. The van der Waals surface area contributed by atoms with Gasteiger partial charge < -0.3 is 10.3 Å². The van der Waals surface area contributed by atoms with Gasteiger partial charge in [0.15, 0.2) is 5.43 Å². The first-order chi connectivity index (χ1) is 8.79.